The fourth-order valence-corrected chi connectivity index (χ4v) is 2.80. The summed E-state index contributed by atoms with van der Waals surface area (Å²) in [6, 6.07) is 12.6. The highest BCUT2D eigenvalue weighted by molar-refractivity contribution is 8.00. The summed E-state index contributed by atoms with van der Waals surface area (Å²) in [5.74, 6) is 0.0112. The van der Waals surface area contributed by atoms with Crippen LogP contribution < -0.4 is 5.43 Å². The number of carbonyl (C=O) groups is 1. The number of carbonyl (C=O) groups excluding carboxylic acids is 1. The Kier molecular flexibility index (Phi) is 6.08. The van der Waals surface area contributed by atoms with E-state index in [1.165, 1.54) is 24.0 Å². The average Bonchev–Trinajstić information content (AvgIpc) is 2.55. The van der Waals surface area contributed by atoms with Crippen LogP contribution in [-0.2, 0) is 4.79 Å². The first-order valence-electron chi connectivity index (χ1n) is 7.23. The van der Waals surface area contributed by atoms with Gasteiger partial charge in [-0.1, -0.05) is 30.3 Å². The zero-order valence-electron chi connectivity index (χ0n) is 13.4. The van der Waals surface area contributed by atoms with Gasteiger partial charge in [-0.05, 0) is 25.5 Å². The molecule has 1 N–H and O–H groups in total. The van der Waals surface area contributed by atoms with Gasteiger partial charge in [-0.25, -0.2) is 5.43 Å². The highest BCUT2D eigenvalue weighted by Crippen LogP contribution is 2.21. The predicted molar refractivity (Wildman–Crippen MR) is 95.5 cm³/mol. The van der Waals surface area contributed by atoms with Crippen molar-refractivity contribution in [1.29, 1.82) is 0 Å². The molecule has 2 rings (SSSR count). The van der Waals surface area contributed by atoms with Crippen molar-refractivity contribution >= 4 is 29.6 Å². The molecule has 0 aliphatic heterocycles. The molecular weight excluding hydrogens is 326 g/mol. The maximum absolute atomic E-state index is 11.8. The van der Waals surface area contributed by atoms with E-state index < -0.39 is 4.92 Å². The number of amides is 1. The second kappa shape index (κ2) is 8.26. The van der Waals surface area contributed by atoms with Gasteiger partial charge in [0.05, 0.1) is 16.9 Å². The summed E-state index contributed by atoms with van der Waals surface area (Å²) < 4.78 is 0. The molecule has 1 amide bonds. The SMILES string of the molecule is Cc1ccccc1SCC(=O)N/N=C/c1ccc(C)c([N+](=O)[O-])c1. The van der Waals surface area contributed by atoms with E-state index >= 15 is 0 Å². The van der Waals surface area contributed by atoms with Crippen molar-refractivity contribution in [2.24, 2.45) is 5.10 Å². The lowest BCUT2D eigenvalue weighted by Crippen LogP contribution is -2.19. The molecule has 0 saturated heterocycles. The van der Waals surface area contributed by atoms with Crippen molar-refractivity contribution in [3.8, 4) is 0 Å². The fourth-order valence-electron chi connectivity index (χ4n) is 1.98. The van der Waals surface area contributed by atoms with E-state index in [2.05, 4.69) is 10.5 Å². The van der Waals surface area contributed by atoms with E-state index in [4.69, 9.17) is 0 Å². The number of aryl methyl sites for hydroxylation is 2. The number of thioether (sulfide) groups is 1. The molecular formula is C17H17N3O3S. The highest BCUT2D eigenvalue weighted by Gasteiger charge is 2.10. The van der Waals surface area contributed by atoms with Gasteiger partial charge in [0.2, 0.25) is 5.91 Å². The molecule has 6 nitrogen and oxygen atoms in total. The van der Waals surface area contributed by atoms with Crippen LogP contribution in [0.1, 0.15) is 16.7 Å². The number of nitro groups is 1. The van der Waals surface area contributed by atoms with Gasteiger partial charge in [0, 0.05) is 22.1 Å². The van der Waals surface area contributed by atoms with Crippen molar-refractivity contribution in [3.05, 3.63) is 69.3 Å². The van der Waals surface area contributed by atoms with Crippen molar-refractivity contribution in [2.45, 2.75) is 18.7 Å². The van der Waals surface area contributed by atoms with Crippen LogP contribution in [-0.4, -0.2) is 22.8 Å². The molecule has 0 aliphatic rings. The molecule has 2 aromatic carbocycles. The van der Waals surface area contributed by atoms with Gasteiger partial charge < -0.3 is 0 Å². The molecule has 7 heteroatoms. The minimum Gasteiger partial charge on any atom is -0.272 e. The first-order chi connectivity index (χ1) is 11.5. The highest BCUT2D eigenvalue weighted by atomic mass is 32.2. The normalized spacial score (nSPS) is 10.8. The molecule has 0 spiro atoms. The van der Waals surface area contributed by atoms with Crippen LogP contribution in [0.3, 0.4) is 0 Å². The van der Waals surface area contributed by atoms with Gasteiger partial charge in [0.1, 0.15) is 0 Å². The summed E-state index contributed by atoms with van der Waals surface area (Å²) in [6.45, 7) is 3.66. The molecule has 0 aliphatic carbocycles. The number of hydrogen-bond donors (Lipinski definition) is 1. The van der Waals surface area contributed by atoms with Gasteiger partial charge in [-0.15, -0.1) is 11.8 Å². The minimum atomic E-state index is -0.440. The lowest BCUT2D eigenvalue weighted by atomic mass is 10.1. The molecule has 0 fully saturated rings. The van der Waals surface area contributed by atoms with Crippen LogP contribution in [0.2, 0.25) is 0 Å². The van der Waals surface area contributed by atoms with Crippen molar-refractivity contribution in [1.82, 2.24) is 5.43 Å². The monoisotopic (exact) mass is 343 g/mol. The van der Waals surface area contributed by atoms with Crippen molar-refractivity contribution in [3.63, 3.8) is 0 Å². The summed E-state index contributed by atoms with van der Waals surface area (Å²) >= 11 is 1.43. The second-order valence-corrected chi connectivity index (χ2v) is 6.17. The molecule has 0 aromatic heterocycles. The zero-order chi connectivity index (χ0) is 17.5. The molecule has 0 atom stereocenters. The molecule has 0 unspecified atom stereocenters. The number of benzene rings is 2. The Morgan fingerprint density at radius 3 is 2.71 bits per heavy atom. The van der Waals surface area contributed by atoms with E-state index in [0.717, 1.165) is 10.5 Å². The lowest BCUT2D eigenvalue weighted by Gasteiger charge is -2.04. The molecule has 0 saturated carbocycles. The van der Waals surface area contributed by atoms with Crippen LogP contribution in [0.15, 0.2) is 52.5 Å². The Labute approximate surface area is 144 Å². The third-order valence-corrected chi connectivity index (χ3v) is 4.46. The number of nitrogens with one attached hydrogen (secondary N) is 1. The molecule has 0 heterocycles. The third kappa shape index (κ3) is 4.92. The Morgan fingerprint density at radius 2 is 2.00 bits per heavy atom. The van der Waals surface area contributed by atoms with E-state index in [-0.39, 0.29) is 17.3 Å². The standard InChI is InChI=1S/C17H17N3O3S/c1-12-7-8-14(9-15(12)20(22)23)10-18-19-17(21)11-24-16-6-4-3-5-13(16)2/h3-10H,11H2,1-2H3,(H,19,21)/b18-10+. The van der Waals surface area contributed by atoms with Crippen LogP contribution in [0, 0.1) is 24.0 Å². The largest absolute Gasteiger partial charge is 0.272 e. The second-order valence-electron chi connectivity index (χ2n) is 5.15. The molecule has 2 aromatic rings. The van der Waals surface area contributed by atoms with Crippen LogP contribution in [0.4, 0.5) is 5.69 Å². The Hall–Kier alpha value is -2.67. The van der Waals surface area contributed by atoms with E-state index in [9.17, 15) is 14.9 Å². The number of nitro benzene ring substituents is 1. The van der Waals surface area contributed by atoms with Crippen molar-refractivity contribution < 1.29 is 9.72 Å². The zero-order valence-corrected chi connectivity index (χ0v) is 14.2. The first kappa shape index (κ1) is 17.7. The lowest BCUT2D eigenvalue weighted by molar-refractivity contribution is -0.385. The van der Waals surface area contributed by atoms with E-state index in [0.29, 0.717) is 11.1 Å². The number of nitrogens with zero attached hydrogens (tertiary/aromatic N) is 2. The van der Waals surface area contributed by atoms with Crippen LogP contribution >= 0.6 is 11.8 Å². The van der Waals surface area contributed by atoms with Gasteiger partial charge in [-0.3, -0.25) is 14.9 Å². The van der Waals surface area contributed by atoms with Crippen LogP contribution in [0.5, 0.6) is 0 Å². The van der Waals surface area contributed by atoms with E-state index in [1.54, 1.807) is 19.1 Å². The van der Waals surface area contributed by atoms with Crippen LogP contribution in [0.25, 0.3) is 0 Å². The Bertz CT molecular complexity index is 790. The first-order valence-corrected chi connectivity index (χ1v) is 8.21. The topological polar surface area (TPSA) is 84.6 Å². The maximum Gasteiger partial charge on any atom is 0.272 e. The Morgan fingerprint density at radius 1 is 1.25 bits per heavy atom. The molecule has 0 bridgehead atoms. The van der Waals surface area contributed by atoms with E-state index in [1.807, 2.05) is 31.2 Å². The molecule has 124 valence electrons. The quantitative estimate of drug-likeness (QED) is 0.377. The van der Waals surface area contributed by atoms with Gasteiger partial charge >= 0.3 is 0 Å². The summed E-state index contributed by atoms with van der Waals surface area (Å²) in [4.78, 5) is 23.3. The minimum absolute atomic E-state index is 0.0281. The van der Waals surface area contributed by atoms with Gasteiger partial charge in [0.15, 0.2) is 0 Å². The maximum atomic E-state index is 11.8. The Balaban J connectivity index is 1.90. The number of rotatable bonds is 6. The summed E-state index contributed by atoms with van der Waals surface area (Å²) in [5, 5.41) is 14.7. The average molecular weight is 343 g/mol. The predicted octanol–water partition coefficient (Wildman–Crippen LogP) is 3.45. The molecule has 0 radical (unpaired) electrons. The number of hydrogen-bond acceptors (Lipinski definition) is 5. The van der Waals surface area contributed by atoms with Gasteiger partial charge in [-0.2, -0.15) is 5.10 Å². The summed E-state index contributed by atoms with van der Waals surface area (Å²) in [6.07, 6.45) is 1.39. The summed E-state index contributed by atoms with van der Waals surface area (Å²) in [7, 11) is 0. The summed E-state index contributed by atoms with van der Waals surface area (Å²) in [5.41, 5.74) is 4.70. The van der Waals surface area contributed by atoms with Crippen molar-refractivity contribution in [2.75, 3.05) is 5.75 Å². The third-order valence-electron chi connectivity index (χ3n) is 3.29. The molecule has 24 heavy (non-hydrogen) atoms. The fraction of sp³-hybridized carbons (Fsp3) is 0.176. The smallest absolute Gasteiger partial charge is 0.272 e. The number of hydrazone groups is 1. The van der Waals surface area contributed by atoms with Gasteiger partial charge in [0.25, 0.3) is 5.69 Å².